The zero-order valence-corrected chi connectivity index (χ0v) is 14.3. The number of anilines is 1. The van der Waals surface area contributed by atoms with Crippen molar-refractivity contribution in [3.63, 3.8) is 0 Å². The molecule has 3 nitrogen and oxygen atoms in total. The van der Waals surface area contributed by atoms with Gasteiger partial charge in [-0.3, -0.25) is 0 Å². The van der Waals surface area contributed by atoms with Crippen LogP contribution in [0.25, 0.3) is 0 Å². The van der Waals surface area contributed by atoms with Crippen LogP contribution < -0.4 is 5.32 Å². The van der Waals surface area contributed by atoms with Gasteiger partial charge in [0.2, 0.25) is 0 Å². The Morgan fingerprint density at radius 3 is 2.28 bits per heavy atom. The molecule has 18 heavy (non-hydrogen) atoms. The Balaban J connectivity index is 3.20. The fraction of sp³-hybridized carbons (Fsp3) is 0.714. The largest absolute Gasteiger partial charge is 0.369 e. The lowest BCUT2D eigenvalue weighted by molar-refractivity contribution is 0.557. The van der Waals surface area contributed by atoms with E-state index in [9.17, 15) is 0 Å². The molecule has 102 valence electrons. The van der Waals surface area contributed by atoms with E-state index in [1.165, 1.54) is 0 Å². The molecule has 4 heteroatoms. The number of nitrogens with one attached hydrogen (secondary N) is 1. The first kappa shape index (κ1) is 15.7. The summed E-state index contributed by atoms with van der Waals surface area (Å²) in [6.45, 7) is 11.9. The Bertz CT molecular complexity index is 397. The molecule has 0 saturated carbocycles. The molecule has 0 aliphatic heterocycles. The zero-order chi connectivity index (χ0) is 13.8. The Morgan fingerprint density at radius 1 is 1.11 bits per heavy atom. The molecular weight excluding hydrogens is 337 g/mol. The smallest absolute Gasteiger partial charge is 0.143 e. The number of halogens is 1. The van der Waals surface area contributed by atoms with E-state index in [-0.39, 0.29) is 5.41 Å². The lowest BCUT2D eigenvalue weighted by Gasteiger charge is -2.22. The van der Waals surface area contributed by atoms with Gasteiger partial charge in [0.25, 0.3) is 0 Å². The molecule has 0 unspecified atom stereocenters. The summed E-state index contributed by atoms with van der Waals surface area (Å²) in [5, 5.41) is 3.42. The summed E-state index contributed by atoms with van der Waals surface area (Å²) in [6, 6.07) is 0. The molecule has 0 atom stereocenters. The van der Waals surface area contributed by atoms with Gasteiger partial charge in [-0.15, -0.1) is 0 Å². The van der Waals surface area contributed by atoms with E-state index < -0.39 is 0 Å². The summed E-state index contributed by atoms with van der Waals surface area (Å²) >= 11 is 2.36. The summed E-state index contributed by atoms with van der Waals surface area (Å²) in [7, 11) is 0. The molecule has 0 saturated heterocycles. The van der Waals surface area contributed by atoms with Crippen molar-refractivity contribution in [2.24, 2.45) is 0 Å². The quantitative estimate of drug-likeness (QED) is 0.801. The maximum absolute atomic E-state index is 4.74. The van der Waals surface area contributed by atoms with Gasteiger partial charge in [-0.2, -0.15) is 0 Å². The SMILES string of the molecule is CCCNc1nc(CCC)nc(C(C)(C)C)c1I. The molecular formula is C14H24IN3. The standard InChI is InChI=1S/C14H24IN3/c1-6-8-10-17-12(14(3,4)5)11(15)13(18-10)16-9-7-2/h6-9H2,1-5H3,(H,16,17,18). The molecule has 1 N–H and O–H groups in total. The molecule has 0 fully saturated rings. The van der Waals surface area contributed by atoms with Gasteiger partial charge in [-0.05, 0) is 35.4 Å². The van der Waals surface area contributed by atoms with Crippen molar-refractivity contribution in [2.75, 3.05) is 11.9 Å². The van der Waals surface area contributed by atoms with Gasteiger partial charge in [0, 0.05) is 18.4 Å². The highest BCUT2D eigenvalue weighted by molar-refractivity contribution is 14.1. The van der Waals surface area contributed by atoms with Crippen LogP contribution in [0.1, 0.15) is 59.0 Å². The lowest BCUT2D eigenvalue weighted by Crippen LogP contribution is -2.20. The summed E-state index contributed by atoms with van der Waals surface area (Å²) < 4.78 is 1.16. The van der Waals surface area contributed by atoms with Gasteiger partial charge in [0.1, 0.15) is 11.6 Å². The Kier molecular flexibility index (Phi) is 5.82. The van der Waals surface area contributed by atoms with Gasteiger partial charge in [-0.1, -0.05) is 34.6 Å². The maximum Gasteiger partial charge on any atom is 0.143 e. The second-order valence-electron chi connectivity index (χ2n) is 5.58. The van der Waals surface area contributed by atoms with Gasteiger partial charge in [0.05, 0.1) is 9.26 Å². The summed E-state index contributed by atoms with van der Waals surface area (Å²) in [6.07, 6.45) is 3.13. The summed E-state index contributed by atoms with van der Waals surface area (Å²) in [5.41, 5.74) is 1.21. The van der Waals surface area contributed by atoms with Crippen molar-refractivity contribution < 1.29 is 0 Å². The van der Waals surface area contributed by atoms with E-state index in [2.05, 4.69) is 67.5 Å². The summed E-state index contributed by atoms with van der Waals surface area (Å²) in [4.78, 5) is 9.39. The first-order chi connectivity index (χ1) is 8.40. The lowest BCUT2D eigenvalue weighted by atomic mass is 9.92. The Hall–Kier alpha value is -0.390. The van der Waals surface area contributed by atoms with Crippen LogP contribution in [0.5, 0.6) is 0 Å². The van der Waals surface area contributed by atoms with Crippen LogP contribution in [-0.4, -0.2) is 16.5 Å². The second kappa shape index (κ2) is 6.68. The number of aromatic nitrogens is 2. The van der Waals surface area contributed by atoms with Gasteiger partial charge < -0.3 is 5.32 Å². The molecule has 1 aromatic heterocycles. The average molecular weight is 361 g/mol. The molecule has 1 rings (SSSR count). The third-order valence-electron chi connectivity index (χ3n) is 2.62. The van der Waals surface area contributed by atoms with Gasteiger partial charge in [-0.25, -0.2) is 9.97 Å². The Labute approximate surface area is 124 Å². The fourth-order valence-corrected chi connectivity index (χ4v) is 2.93. The minimum atomic E-state index is 0.0601. The minimum absolute atomic E-state index is 0.0601. The number of hydrogen-bond acceptors (Lipinski definition) is 3. The fourth-order valence-electron chi connectivity index (χ4n) is 1.69. The van der Waals surface area contributed by atoms with Crippen molar-refractivity contribution in [2.45, 2.75) is 59.3 Å². The highest BCUT2D eigenvalue weighted by Crippen LogP contribution is 2.29. The molecule has 1 heterocycles. The van der Waals surface area contributed by atoms with Crippen LogP contribution in [0.4, 0.5) is 5.82 Å². The number of hydrogen-bond donors (Lipinski definition) is 1. The molecule has 0 spiro atoms. The van der Waals surface area contributed by atoms with Crippen molar-refractivity contribution in [1.82, 2.24) is 9.97 Å². The number of aryl methyl sites for hydroxylation is 1. The van der Waals surface area contributed by atoms with E-state index in [1.54, 1.807) is 0 Å². The van der Waals surface area contributed by atoms with E-state index in [0.29, 0.717) is 0 Å². The van der Waals surface area contributed by atoms with E-state index in [1.807, 2.05) is 0 Å². The van der Waals surface area contributed by atoms with Crippen LogP contribution in [0.2, 0.25) is 0 Å². The van der Waals surface area contributed by atoms with Gasteiger partial charge >= 0.3 is 0 Å². The minimum Gasteiger partial charge on any atom is -0.369 e. The highest BCUT2D eigenvalue weighted by Gasteiger charge is 2.22. The summed E-state index contributed by atoms with van der Waals surface area (Å²) in [5.74, 6) is 1.96. The third kappa shape index (κ3) is 4.07. The van der Waals surface area contributed by atoms with Crippen LogP contribution in [0, 0.1) is 3.57 Å². The maximum atomic E-state index is 4.74. The van der Waals surface area contributed by atoms with Crippen LogP contribution in [0.15, 0.2) is 0 Å². The van der Waals surface area contributed by atoms with Crippen molar-refractivity contribution >= 4 is 28.4 Å². The molecule has 0 bridgehead atoms. The van der Waals surface area contributed by atoms with Crippen LogP contribution >= 0.6 is 22.6 Å². The first-order valence-electron chi connectivity index (χ1n) is 6.70. The highest BCUT2D eigenvalue weighted by atomic mass is 127. The van der Waals surface area contributed by atoms with E-state index >= 15 is 0 Å². The van der Waals surface area contributed by atoms with E-state index in [0.717, 1.165) is 46.7 Å². The molecule has 0 amide bonds. The number of nitrogens with zero attached hydrogens (tertiary/aromatic N) is 2. The van der Waals surface area contributed by atoms with Crippen molar-refractivity contribution in [1.29, 1.82) is 0 Å². The van der Waals surface area contributed by atoms with Crippen LogP contribution in [0.3, 0.4) is 0 Å². The second-order valence-corrected chi connectivity index (χ2v) is 6.66. The predicted octanol–water partition coefficient (Wildman–Crippen LogP) is 4.15. The van der Waals surface area contributed by atoms with Crippen molar-refractivity contribution in [3.05, 3.63) is 15.1 Å². The van der Waals surface area contributed by atoms with E-state index in [4.69, 9.17) is 4.98 Å². The van der Waals surface area contributed by atoms with Crippen LogP contribution in [-0.2, 0) is 11.8 Å². The molecule has 0 aromatic carbocycles. The molecule has 0 aliphatic carbocycles. The molecule has 0 aliphatic rings. The topological polar surface area (TPSA) is 37.8 Å². The Morgan fingerprint density at radius 2 is 1.78 bits per heavy atom. The third-order valence-corrected chi connectivity index (χ3v) is 3.65. The monoisotopic (exact) mass is 361 g/mol. The predicted molar refractivity (Wildman–Crippen MR) is 86.2 cm³/mol. The molecule has 1 aromatic rings. The van der Waals surface area contributed by atoms with Gasteiger partial charge in [0.15, 0.2) is 0 Å². The number of rotatable bonds is 5. The average Bonchev–Trinajstić information content (AvgIpc) is 2.28. The van der Waals surface area contributed by atoms with Crippen molar-refractivity contribution in [3.8, 4) is 0 Å². The first-order valence-corrected chi connectivity index (χ1v) is 7.78. The normalized spacial score (nSPS) is 11.7. The zero-order valence-electron chi connectivity index (χ0n) is 12.1. The molecule has 0 radical (unpaired) electrons.